The van der Waals surface area contributed by atoms with Gasteiger partial charge in [-0.2, -0.15) is 0 Å². The molecule has 0 heterocycles. The summed E-state index contributed by atoms with van der Waals surface area (Å²) in [4.78, 5) is 0. The summed E-state index contributed by atoms with van der Waals surface area (Å²) in [5.41, 5.74) is 0.401. The van der Waals surface area contributed by atoms with Gasteiger partial charge in [0.25, 0.3) is 0 Å². The van der Waals surface area contributed by atoms with Crippen molar-refractivity contribution < 1.29 is 10.2 Å². The van der Waals surface area contributed by atoms with Crippen LogP contribution in [0.4, 0.5) is 0 Å². The fourth-order valence-electron chi connectivity index (χ4n) is 7.76. The molecule has 5 rings (SSSR count). The highest BCUT2D eigenvalue weighted by atomic mass is 16.3. The first kappa shape index (κ1) is 14.0. The Labute approximate surface area is 134 Å². The molecule has 22 heavy (non-hydrogen) atoms. The lowest BCUT2D eigenvalue weighted by atomic mass is 9.46. The lowest BCUT2D eigenvalue weighted by Gasteiger charge is -2.60. The summed E-state index contributed by atoms with van der Waals surface area (Å²) in [6.07, 6.45) is 14.5. The zero-order chi connectivity index (χ0) is 15.2. The molecule has 8 atom stereocenters. The van der Waals surface area contributed by atoms with Crippen LogP contribution in [-0.4, -0.2) is 22.4 Å². The van der Waals surface area contributed by atoms with Crippen LogP contribution in [0.15, 0.2) is 12.2 Å². The standard InChI is InChI=1S/C20H30O2/c1-18-7-13-2-3-15(18)6-16-17(20(22,9-13)12-18)10-19(16)5-4-14(8-19)11-21/h2-3,13-17,21-22H,4-12H2,1H3. The predicted octanol–water partition coefficient (Wildman–Crippen LogP) is 3.53. The van der Waals surface area contributed by atoms with E-state index >= 15 is 0 Å². The minimum Gasteiger partial charge on any atom is -0.396 e. The Balaban J connectivity index is 1.52. The van der Waals surface area contributed by atoms with Crippen molar-refractivity contribution in [3.63, 3.8) is 0 Å². The first-order chi connectivity index (χ1) is 10.5. The Kier molecular flexibility index (Phi) is 2.67. The van der Waals surface area contributed by atoms with Gasteiger partial charge in [0.1, 0.15) is 0 Å². The van der Waals surface area contributed by atoms with Crippen molar-refractivity contribution in [3.05, 3.63) is 12.2 Å². The van der Waals surface area contributed by atoms with Gasteiger partial charge in [0.15, 0.2) is 0 Å². The van der Waals surface area contributed by atoms with Crippen molar-refractivity contribution in [2.24, 2.45) is 40.4 Å². The quantitative estimate of drug-likeness (QED) is 0.728. The lowest BCUT2D eigenvalue weighted by molar-refractivity contribution is -0.176. The second-order valence-corrected chi connectivity index (χ2v) is 9.90. The minimum atomic E-state index is -0.398. The second-order valence-electron chi connectivity index (χ2n) is 9.90. The van der Waals surface area contributed by atoms with Gasteiger partial charge < -0.3 is 10.2 Å². The van der Waals surface area contributed by atoms with E-state index in [1.165, 1.54) is 38.5 Å². The number of hydrogen-bond donors (Lipinski definition) is 2. The number of allylic oxidation sites excluding steroid dienone is 2. The van der Waals surface area contributed by atoms with E-state index < -0.39 is 5.60 Å². The van der Waals surface area contributed by atoms with Crippen LogP contribution in [0.3, 0.4) is 0 Å². The van der Waals surface area contributed by atoms with Gasteiger partial charge in [-0.1, -0.05) is 19.1 Å². The molecule has 2 heteroatoms. The van der Waals surface area contributed by atoms with Crippen molar-refractivity contribution in [1.29, 1.82) is 0 Å². The number of aliphatic hydroxyl groups is 2. The van der Waals surface area contributed by atoms with Crippen molar-refractivity contribution in [2.75, 3.05) is 6.61 Å². The maximum Gasteiger partial charge on any atom is 0.0689 e. The fourth-order valence-corrected chi connectivity index (χ4v) is 7.76. The van der Waals surface area contributed by atoms with Crippen LogP contribution >= 0.6 is 0 Å². The molecule has 2 N–H and O–H groups in total. The Morgan fingerprint density at radius 3 is 2.73 bits per heavy atom. The van der Waals surface area contributed by atoms with Gasteiger partial charge in [-0.3, -0.25) is 0 Å². The number of rotatable bonds is 1. The van der Waals surface area contributed by atoms with Gasteiger partial charge in [-0.25, -0.2) is 0 Å². The van der Waals surface area contributed by atoms with Crippen LogP contribution in [0.2, 0.25) is 0 Å². The summed E-state index contributed by atoms with van der Waals surface area (Å²) < 4.78 is 0. The second kappa shape index (κ2) is 4.19. The van der Waals surface area contributed by atoms with Gasteiger partial charge >= 0.3 is 0 Å². The van der Waals surface area contributed by atoms with E-state index in [4.69, 9.17) is 0 Å². The maximum atomic E-state index is 11.5. The van der Waals surface area contributed by atoms with Gasteiger partial charge in [-0.15, -0.1) is 0 Å². The third-order valence-electron chi connectivity index (χ3n) is 8.67. The Hall–Kier alpha value is -0.340. The first-order valence-electron chi connectivity index (χ1n) is 9.48. The highest BCUT2D eigenvalue weighted by Gasteiger charge is 2.67. The van der Waals surface area contributed by atoms with Gasteiger partial charge in [0.2, 0.25) is 0 Å². The van der Waals surface area contributed by atoms with E-state index in [-0.39, 0.29) is 0 Å². The molecule has 0 radical (unpaired) electrons. The van der Waals surface area contributed by atoms with Crippen LogP contribution < -0.4 is 0 Å². The first-order valence-corrected chi connectivity index (χ1v) is 9.48. The topological polar surface area (TPSA) is 40.5 Å². The van der Waals surface area contributed by atoms with Crippen molar-refractivity contribution in [3.8, 4) is 0 Å². The summed E-state index contributed by atoms with van der Waals surface area (Å²) in [5.74, 6) is 3.07. The third kappa shape index (κ3) is 1.64. The predicted molar refractivity (Wildman–Crippen MR) is 86.1 cm³/mol. The van der Waals surface area contributed by atoms with Gasteiger partial charge in [0, 0.05) is 6.61 Å². The molecule has 0 amide bonds. The average molecular weight is 302 g/mol. The highest BCUT2D eigenvalue weighted by Crippen LogP contribution is 2.72. The lowest BCUT2D eigenvalue weighted by Crippen LogP contribution is -2.58. The van der Waals surface area contributed by atoms with E-state index in [0.29, 0.717) is 47.0 Å². The zero-order valence-corrected chi connectivity index (χ0v) is 13.8. The van der Waals surface area contributed by atoms with Crippen LogP contribution in [0.25, 0.3) is 0 Å². The molecule has 0 aromatic rings. The molecule has 1 spiro atoms. The highest BCUT2D eigenvalue weighted by molar-refractivity contribution is 5.22. The summed E-state index contributed by atoms with van der Waals surface area (Å²) in [6.45, 7) is 2.81. The summed E-state index contributed by atoms with van der Waals surface area (Å²) in [5, 5.41) is 21.1. The summed E-state index contributed by atoms with van der Waals surface area (Å²) >= 11 is 0. The molecule has 5 aliphatic rings. The van der Waals surface area contributed by atoms with Crippen molar-refractivity contribution >= 4 is 0 Å². The Morgan fingerprint density at radius 1 is 1.09 bits per heavy atom. The van der Waals surface area contributed by atoms with Gasteiger partial charge in [0.05, 0.1) is 5.60 Å². The van der Waals surface area contributed by atoms with Crippen LogP contribution in [0, 0.1) is 40.4 Å². The average Bonchev–Trinajstić information content (AvgIpc) is 2.88. The molecule has 5 aliphatic carbocycles. The fraction of sp³-hybridized carbons (Fsp3) is 0.900. The molecule has 122 valence electrons. The monoisotopic (exact) mass is 302 g/mol. The number of aliphatic hydroxyl groups excluding tert-OH is 1. The SMILES string of the molecule is CC12CC3C=CC1CC1C(CC14CCC(CO)C4)C(O)(C3)C2. The smallest absolute Gasteiger partial charge is 0.0689 e. The van der Waals surface area contributed by atoms with Gasteiger partial charge in [-0.05, 0) is 91.8 Å². The molecule has 3 bridgehead atoms. The zero-order valence-electron chi connectivity index (χ0n) is 13.8. The molecule has 0 saturated heterocycles. The number of fused-ring (bicyclic) bond motifs is 5. The summed E-state index contributed by atoms with van der Waals surface area (Å²) in [7, 11) is 0. The molecule has 2 nitrogen and oxygen atoms in total. The maximum absolute atomic E-state index is 11.5. The normalized spacial score (nSPS) is 61.9. The van der Waals surface area contributed by atoms with E-state index in [0.717, 1.165) is 12.8 Å². The Bertz CT molecular complexity index is 528. The molecule has 0 aromatic heterocycles. The number of hydrogen-bond acceptors (Lipinski definition) is 2. The summed E-state index contributed by atoms with van der Waals surface area (Å²) in [6, 6.07) is 0. The molecule has 0 aromatic carbocycles. The molecule has 8 unspecified atom stereocenters. The van der Waals surface area contributed by atoms with Crippen molar-refractivity contribution in [2.45, 2.75) is 63.9 Å². The Morgan fingerprint density at radius 2 is 1.95 bits per heavy atom. The van der Waals surface area contributed by atoms with Crippen LogP contribution in [0.5, 0.6) is 0 Å². The van der Waals surface area contributed by atoms with Crippen LogP contribution in [-0.2, 0) is 0 Å². The molecule has 4 fully saturated rings. The third-order valence-corrected chi connectivity index (χ3v) is 8.67. The van der Waals surface area contributed by atoms with E-state index in [1.807, 2.05) is 0 Å². The minimum absolute atomic E-state index is 0.333. The molecule has 0 aliphatic heterocycles. The van der Waals surface area contributed by atoms with Crippen molar-refractivity contribution in [1.82, 2.24) is 0 Å². The molecular formula is C20H30O2. The van der Waals surface area contributed by atoms with E-state index in [1.54, 1.807) is 0 Å². The van der Waals surface area contributed by atoms with E-state index in [2.05, 4.69) is 19.1 Å². The van der Waals surface area contributed by atoms with E-state index in [9.17, 15) is 10.2 Å². The molecular weight excluding hydrogens is 272 g/mol. The largest absolute Gasteiger partial charge is 0.396 e. The molecule has 4 saturated carbocycles. The van der Waals surface area contributed by atoms with Crippen LogP contribution in [0.1, 0.15) is 58.3 Å².